The lowest BCUT2D eigenvalue weighted by atomic mass is 10.2. The molecule has 0 unspecified atom stereocenters. The summed E-state index contributed by atoms with van der Waals surface area (Å²) in [5, 5.41) is 0. The van der Waals surface area contributed by atoms with E-state index in [1.807, 2.05) is 0 Å². The Morgan fingerprint density at radius 1 is 1.33 bits per heavy atom. The zero-order valence-corrected chi connectivity index (χ0v) is 10.0. The van der Waals surface area contributed by atoms with Gasteiger partial charge in [-0.2, -0.15) is 0 Å². The number of cyclic esters (lactones) is 1. The minimum atomic E-state index is -0.802. The van der Waals surface area contributed by atoms with Crippen molar-refractivity contribution in [2.45, 2.75) is 13.2 Å². The second kappa shape index (κ2) is 4.91. The van der Waals surface area contributed by atoms with E-state index in [0.29, 0.717) is 11.3 Å². The standard InChI is InChI=1S/C13H12O5/c1-8-7-11(18-12(8)14)17-10-6-4-3-5-9(10)13(15)16-2/h3-7,11H,1-2H3/t11-/m1/s1. The van der Waals surface area contributed by atoms with Crippen LogP contribution < -0.4 is 4.74 Å². The van der Waals surface area contributed by atoms with Crippen LogP contribution in [0, 0.1) is 0 Å². The van der Waals surface area contributed by atoms with Crippen LogP contribution in [0.5, 0.6) is 5.75 Å². The maximum Gasteiger partial charge on any atom is 0.341 e. The number of hydrogen-bond acceptors (Lipinski definition) is 5. The topological polar surface area (TPSA) is 61.8 Å². The summed E-state index contributed by atoms with van der Waals surface area (Å²) < 4.78 is 15.0. The highest BCUT2D eigenvalue weighted by Crippen LogP contribution is 2.23. The monoisotopic (exact) mass is 248 g/mol. The molecular weight excluding hydrogens is 236 g/mol. The first-order valence-corrected chi connectivity index (χ1v) is 5.35. The van der Waals surface area contributed by atoms with E-state index in [0.717, 1.165) is 0 Å². The van der Waals surface area contributed by atoms with Gasteiger partial charge >= 0.3 is 11.9 Å². The third-order valence-electron chi connectivity index (χ3n) is 2.47. The number of hydrogen-bond donors (Lipinski definition) is 0. The van der Waals surface area contributed by atoms with Crippen molar-refractivity contribution in [3.63, 3.8) is 0 Å². The molecule has 0 spiro atoms. The first-order valence-electron chi connectivity index (χ1n) is 5.35. The maximum absolute atomic E-state index is 11.5. The van der Waals surface area contributed by atoms with Crippen molar-refractivity contribution in [2.24, 2.45) is 0 Å². The van der Waals surface area contributed by atoms with Gasteiger partial charge in [-0.25, -0.2) is 9.59 Å². The van der Waals surface area contributed by atoms with Gasteiger partial charge in [0.05, 0.1) is 7.11 Å². The molecule has 0 fully saturated rings. The molecule has 18 heavy (non-hydrogen) atoms. The summed E-state index contributed by atoms with van der Waals surface area (Å²) in [5.74, 6) is -0.612. The molecule has 0 amide bonds. The predicted molar refractivity (Wildman–Crippen MR) is 62.0 cm³/mol. The van der Waals surface area contributed by atoms with Gasteiger partial charge in [-0.05, 0) is 19.1 Å². The second-order valence-corrected chi connectivity index (χ2v) is 3.73. The predicted octanol–water partition coefficient (Wildman–Crippen LogP) is 1.68. The van der Waals surface area contributed by atoms with Gasteiger partial charge in [0.25, 0.3) is 6.29 Å². The molecule has 0 aliphatic carbocycles. The number of ether oxygens (including phenoxy) is 3. The molecule has 0 radical (unpaired) electrons. The fourth-order valence-corrected chi connectivity index (χ4v) is 1.54. The summed E-state index contributed by atoms with van der Waals surface area (Å²) in [4.78, 5) is 22.7. The summed E-state index contributed by atoms with van der Waals surface area (Å²) in [5.41, 5.74) is 0.768. The van der Waals surface area contributed by atoms with Crippen molar-refractivity contribution < 1.29 is 23.8 Å². The second-order valence-electron chi connectivity index (χ2n) is 3.73. The molecule has 1 aliphatic rings. The summed E-state index contributed by atoms with van der Waals surface area (Å²) in [7, 11) is 1.29. The van der Waals surface area contributed by atoms with Crippen LogP contribution in [0.25, 0.3) is 0 Å². The highest BCUT2D eigenvalue weighted by molar-refractivity contribution is 5.92. The van der Waals surface area contributed by atoms with Crippen molar-refractivity contribution in [3.05, 3.63) is 41.5 Å². The van der Waals surface area contributed by atoms with Crippen LogP contribution in [0.2, 0.25) is 0 Å². The molecule has 5 heteroatoms. The molecule has 2 rings (SSSR count). The molecule has 94 valence electrons. The molecule has 0 N–H and O–H groups in total. The van der Waals surface area contributed by atoms with E-state index in [1.165, 1.54) is 7.11 Å². The smallest absolute Gasteiger partial charge is 0.341 e. The summed E-state index contributed by atoms with van der Waals surface area (Å²) >= 11 is 0. The highest BCUT2D eigenvalue weighted by atomic mass is 16.7. The van der Waals surface area contributed by atoms with Crippen molar-refractivity contribution in [1.29, 1.82) is 0 Å². The number of carbonyl (C=O) groups is 2. The van der Waals surface area contributed by atoms with E-state index in [1.54, 1.807) is 37.3 Å². The molecule has 1 aromatic rings. The maximum atomic E-state index is 11.5. The zero-order valence-electron chi connectivity index (χ0n) is 10.0. The van der Waals surface area contributed by atoms with E-state index in [-0.39, 0.29) is 5.56 Å². The number of esters is 2. The minimum absolute atomic E-state index is 0.286. The fourth-order valence-electron chi connectivity index (χ4n) is 1.54. The molecule has 1 heterocycles. The average molecular weight is 248 g/mol. The number of rotatable bonds is 3. The molecule has 1 atom stereocenters. The Balaban J connectivity index is 2.20. The summed E-state index contributed by atoms with van der Waals surface area (Å²) in [6.45, 7) is 1.64. The van der Waals surface area contributed by atoms with Crippen molar-refractivity contribution >= 4 is 11.9 Å². The van der Waals surface area contributed by atoms with Gasteiger partial charge in [0, 0.05) is 11.6 Å². The number of para-hydroxylation sites is 1. The van der Waals surface area contributed by atoms with Crippen molar-refractivity contribution in [3.8, 4) is 5.75 Å². The fraction of sp³-hybridized carbons (Fsp3) is 0.231. The lowest BCUT2D eigenvalue weighted by Gasteiger charge is -2.13. The molecule has 0 aromatic heterocycles. The molecule has 0 bridgehead atoms. The highest BCUT2D eigenvalue weighted by Gasteiger charge is 2.25. The van der Waals surface area contributed by atoms with Crippen LogP contribution in [0.3, 0.4) is 0 Å². The van der Waals surface area contributed by atoms with Gasteiger partial charge in [-0.15, -0.1) is 0 Å². The van der Waals surface area contributed by atoms with Crippen LogP contribution in [0.15, 0.2) is 35.9 Å². The van der Waals surface area contributed by atoms with Crippen LogP contribution in [0.1, 0.15) is 17.3 Å². The number of methoxy groups -OCH3 is 1. The largest absolute Gasteiger partial charge is 0.465 e. The summed E-state index contributed by atoms with van der Waals surface area (Å²) in [6, 6.07) is 6.60. The lowest BCUT2D eigenvalue weighted by molar-refractivity contribution is -0.148. The Hall–Kier alpha value is -2.30. The molecule has 1 aromatic carbocycles. The van der Waals surface area contributed by atoms with E-state index in [2.05, 4.69) is 4.74 Å². The van der Waals surface area contributed by atoms with Crippen molar-refractivity contribution in [1.82, 2.24) is 0 Å². The van der Waals surface area contributed by atoms with Crippen LogP contribution in [-0.4, -0.2) is 25.3 Å². The van der Waals surface area contributed by atoms with E-state index in [9.17, 15) is 9.59 Å². The van der Waals surface area contributed by atoms with Gasteiger partial charge in [0.15, 0.2) is 0 Å². The quantitative estimate of drug-likeness (QED) is 0.761. The van der Waals surface area contributed by atoms with Crippen LogP contribution in [-0.2, 0) is 14.3 Å². The summed E-state index contributed by atoms with van der Waals surface area (Å²) in [6.07, 6.45) is 0.749. The van der Waals surface area contributed by atoms with Gasteiger partial charge in [-0.1, -0.05) is 12.1 Å². The Kier molecular flexibility index (Phi) is 3.32. The third kappa shape index (κ3) is 2.34. The van der Waals surface area contributed by atoms with Gasteiger partial charge < -0.3 is 14.2 Å². The first kappa shape index (κ1) is 12.2. The van der Waals surface area contributed by atoms with Gasteiger partial charge in [-0.3, -0.25) is 0 Å². The zero-order chi connectivity index (χ0) is 13.1. The first-order chi connectivity index (χ1) is 8.61. The number of benzene rings is 1. The SMILES string of the molecule is COC(=O)c1ccccc1O[C@H]1C=C(C)C(=O)O1. The van der Waals surface area contributed by atoms with Crippen molar-refractivity contribution in [2.75, 3.05) is 7.11 Å². The Morgan fingerprint density at radius 3 is 2.67 bits per heavy atom. The molecule has 1 aliphatic heterocycles. The third-order valence-corrected chi connectivity index (χ3v) is 2.47. The Bertz CT molecular complexity index is 518. The lowest BCUT2D eigenvalue weighted by Crippen LogP contribution is -2.17. The van der Waals surface area contributed by atoms with E-state index >= 15 is 0 Å². The van der Waals surface area contributed by atoms with E-state index in [4.69, 9.17) is 9.47 Å². The Labute approximate surface area is 104 Å². The van der Waals surface area contributed by atoms with Gasteiger partial charge in [0.1, 0.15) is 11.3 Å². The number of carbonyl (C=O) groups excluding carboxylic acids is 2. The Morgan fingerprint density at radius 2 is 2.06 bits per heavy atom. The van der Waals surface area contributed by atoms with Gasteiger partial charge in [0.2, 0.25) is 0 Å². The van der Waals surface area contributed by atoms with Crippen LogP contribution >= 0.6 is 0 Å². The molecule has 5 nitrogen and oxygen atoms in total. The molecule has 0 saturated carbocycles. The average Bonchev–Trinajstić information content (AvgIpc) is 2.68. The molecular formula is C13H12O5. The molecule has 0 saturated heterocycles. The van der Waals surface area contributed by atoms with Crippen LogP contribution in [0.4, 0.5) is 0 Å². The normalized spacial score (nSPS) is 18.0. The minimum Gasteiger partial charge on any atom is -0.465 e. The van der Waals surface area contributed by atoms with E-state index < -0.39 is 18.2 Å².